The van der Waals surface area contributed by atoms with Gasteiger partial charge in [0, 0.05) is 34.9 Å². The van der Waals surface area contributed by atoms with Gasteiger partial charge in [-0.05, 0) is 66.1 Å². The fraction of sp³-hybridized carbons (Fsp3) is 0.500. The highest BCUT2D eigenvalue weighted by Crippen LogP contribution is 2.42. The number of hydrogen-bond acceptors (Lipinski definition) is 7. The maximum Gasteiger partial charge on any atom is 0.231 e. The Hall–Kier alpha value is -2.53. The molecule has 0 unspecified atom stereocenters. The molecule has 3 aliphatic rings. The number of carbonyl (C=O) groups is 1. The van der Waals surface area contributed by atoms with Crippen molar-refractivity contribution in [3.8, 4) is 11.5 Å². The number of carbonyl (C=O) groups excluding carboxylic acids is 1. The van der Waals surface area contributed by atoms with Gasteiger partial charge in [0.05, 0.1) is 6.33 Å². The van der Waals surface area contributed by atoms with E-state index in [1.165, 1.54) is 18.2 Å². The molecule has 0 atom stereocenters. The predicted molar refractivity (Wildman–Crippen MR) is 133 cm³/mol. The molecule has 1 amide bonds. The molecular weight excluding hydrogens is 532 g/mol. The number of aromatic nitrogens is 4. The van der Waals surface area contributed by atoms with E-state index in [9.17, 15) is 4.79 Å². The van der Waals surface area contributed by atoms with Gasteiger partial charge in [0.1, 0.15) is 5.52 Å². The van der Waals surface area contributed by atoms with E-state index in [-0.39, 0.29) is 18.2 Å². The summed E-state index contributed by atoms with van der Waals surface area (Å²) in [6.07, 6.45) is 8.15. The fourth-order valence-electron chi connectivity index (χ4n) is 4.93. The molecule has 0 bridgehead atoms. The molecular formula is C24H27BrN6O3S. The average molecular weight is 559 g/mol. The quantitative estimate of drug-likeness (QED) is 0.466. The Bertz CT molecular complexity index is 1330. The van der Waals surface area contributed by atoms with Crippen LogP contribution in [0.3, 0.4) is 0 Å². The van der Waals surface area contributed by atoms with E-state index in [4.69, 9.17) is 19.9 Å². The minimum absolute atomic E-state index is 0.183. The van der Waals surface area contributed by atoms with E-state index >= 15 is 0 Å². The van der Waals surface area contributed by atoms with Crippen molar-refractivity contribution >= 4 is 44.8 Å². The van der Waals surface area contributed by atoms with Crippen LogP contribution < -0.4 is 15.0 Å². The van der Waals surface area contributed by atoms with Gasteiger partial charge in [-0.2, -0.15) is 0 Å². The van der Waals surface area contributed by atoms with Crippen molar-refractivity contribution in [1.29, 1.82) is 5.41 Å². The molecule has 184 valence electrons. The molecule has 1 aromatic carbocycles. The Kier molecular flexibility index (Phi) is 6.21. The molecule has 9 nitrogen and oxygen atoms in total. The van der Waals surface area contributed by atoms with Crippen LogP contribution in [0.5, 0.6) is 11.5 Å². The predicted octanol–water partition coefficient (Wildman–Crippen LogP) is 4.31. The summed E-state index contributed by atoms with van der Waals surface area (Å²) in [5.74, 6) is 2.67. The summed E-state index contributed by atoms with van der Waals surface area (Å²) < 4.78 is 13.9. The Morgan fingerprint density at radius 1 is 1.20 bits per heavy atom. The van der Waals surface area contributed by atoms with Crippen LogP contribution in [0.1, 0.15) is 38.5 Å². The minimum atomic E-state index is 0.183. The highest BCUT2D eigenvalue weighted by Gasteiger charge is 2.31. The van der Waals surface area contributed by atoms with E-state index in [0.717, 1.165) is 72.5 Å². The van der Waals surface area contributed by atoms with Crippen LogP contribution in [0.15, 0.2) is 33.0 Å². The van der Waals surface area contributed by atoms with Crippen LogP contribution in [0.2, 0.25) is 0 Å². The molecule has 2 fully saturated rings. The summed E-state index contributed by atoms with van der Waals surface area (Å²) in [4.78, 5) is 27.9. The summed E-state index contributed by atoms with van der Waals surface area (Å²) in [6.45, 7) is 2.76. The van der Waals surface area contributed by atoms with E-state index in [0.29, 0.717) is 28.2 Å². The van der Waals surface area contributed by atoms with Crippen molar-refractivity contribution in [1.82, 2.24) is 24.4 Å². The second-order valence-electron chi connectivity index (χ2n) is 9.45. The molecule has 1 aliphatic carbocycles. The summed E-state index contributed by atoms with van der Waals surface area (Å²) in [7, 11) is 0. The normalized spacial score (nSPS) is 18.3. The monoisotopic (exact) mass is 558 g/mol. The molecule has 1 saturated carbocycles. The number of piperidine rings is 1. The zero-order valence-corrected chi connectivity index (χ0v) is 21.7. The number of imidazole rings is 1. The lowest BCUT2D eigenvalue weighted by Gasteiger charge is -2.36. The molecule has 11 heteroatoms. The third kappa shape index (κ3) is 4.55. The van der Waals surface area contributed by atoms with Gasteiger partial charge in [0.2, 0.25) is 12.7 Å². The molecule has 2 aromatic heterocycles. The second-order valence-corrected chi connectivity index (χ2v) is 11.3. The van der Waals surface area contributed by atoms with Crippen LogP contribution in [0.25, 0.3) is 11.2 Å². The highest BCUT2D eigenvalue weighted by molar-refractivity contribution is 9.10. The van der Waals surface area contributed by atoms with Crippen LogP contribution in [0.4, 0.5) is 0 Å². The van der Waals surface area contributed by atoms with Crippen molar-refractivity contribution < 1.29 is 14.3 Å². The summed E-state index contributed by atoms with van der Waals surface area (Å²) >= 11 is 5.07. The number of H-pyrrole nitrogens is 1. The summed E-state index contributed by atoms with van der Waals surface area (Å²) in [5, 5.41) is 8.95. The van der Waals surface area contributed by atoms with Gasteiger partial charge in [-0.25, -0.2) is 9.97 Å². The third-order valence-electron chi connectivity index (χ3n) is 7.29. The van der Waals surface area contributed by atoms with Gasteiger partial charge in [-0.1, -0.05) is 18.2 Å². The Morgan fingerprint density at radius 3 is 2.71 bits per heavy atom. The SMILES string of the molecule is N=c1ncn(CCC2CCN(C(=O)C3CCC3)CC2)c2nc(Sc3cc4c(cc3Br)OCO4)[nH]c12. The standard InChI is InChI=1S/C24H27BrN6O3S/c25-16-10-17-18(34-13-33-17)11-19(16)35-24-28-20-21(26)27-12-31(22(20)29-24)9-6-14-4-7-30(8-5-14)23(32)15-2-1-3-15/h10-12,14-15,26H,1-9,13H2,(H,28,29). The molecule has 1 saturated heterocycles. The van der Waals surface area contributed by atoms with E-state index in [1.807, 2.05) is 16.7 Å². The number of hydrogen-bond donors (Lipinski definition) is 2. The Labute approximate surface area is 215 Å². The van der Waals surface area contributed by atoms with Crippen LogP contribution in [0, 0.1) is 17.2 Å². The van der Waals surface area contributed by atoms with Crippen molar-refractivity contribution in [2.75, 3.05) is 19.9 Å². The fourth-order valence-corrected chi connectivity index (χ4v) is 6.31. The van der Waals surface area contributed by atoms with Crippen molar-refractivity contribution in [2.24, 2.45) is 11.8 Å². The number of benzene rings is 1. The second kappa shape index (κ2) is 9.50. The molecule has 0 radical (unpaired) electrons. The van der Waals surface area contributed by atoms with Crippen molar-refractivity contribution in [3.05, 3.63) is 28.4 Å². The lowest BCUT2D eigenvalue weighted by molar-refractivity contribution is -0.139. The molecule has 0 spiro atoms. The number of likely N-dealkylation sites (tertiary alicyclic amines) is 1. The number of nitrogens with one attached hydrogen (secondary N) is 2. The van der Waals surface area contributed by atoms with E-state index in [1.54, 1.807) is 6.33 Å². The number of ether oxygens (including phenoxy) is 2. The number of fused-ring (bicyclic) bond motifs is 2. The third-order valence-corrected chi connectivity index (χ3v) is 9.15. The number of aromatic amines is 1. The largest absolute Gasteiger partial charge is 0.454 e. The van der Waals surface area contributed by atoms with Crippen LogP contribution in [-0.4, -0.2) is 50.2 Å². The number of amides is 1. The highest BCUT2D eigenvalue weighted by atomic mass is 79.9. The first-order valence-electron chi connectivity index (χ1n) is 12.1. The average Bonchev–Trinajstić information content (AvgIpc) is 3.45. The summed E-state index contributed by atoms with van der Waals surface area (Å²) in [5.41, 5.74) is 1.55. The van der Waals surface area contributed by atoms with E-state index < -0.39 is 0 Å². The topological polar surface area (TPSA) is 109 Å². The Balaban J connectivity index is 1.13. The van der Waals surface area contributed by atoms with Gasteiger partial charge < -0.3 is 23.9 Å². The maximum absolute atomic E-state index is 12.5. The van der Waals surface area contributed by atoms with E-state index in [2.05, 4.69) is 30.8 Å². The van der Waals surface area contributed by atoms with Gasteiger partial charge in [-0.3, -0.25) is 10.2 Å². The van der Waals surface area contributed by atoms with Gasteiger partial charge in [0.15, 0.2) is 27.8 Å². The first-order valence-corrected chi connectivity index (χ1v) is 13.7. The molecule has 35 heavy (non-hydrogen) atoms. The molecule has 2 aliphatic heterocycles. The van der Waals surface area contributed by atoms with Gasteiger partial charge in [0.25, 0.3) is 0 Å². The first kappa shape index (κ1) is 22.9. The van der Waals surface area contributed by atoms with Crippen molar-refractivity contribution in [3.63, 3.8) is 0 Å². The molecule has 6 rings (SSSR count). The molecule has 4 heterocycles. The lowest BCUT2D eigenvalue weighted by atomic mass is 9.83. The smallest absolute Gasteiger partial charge is 0.231 e. The maximum atomic E-state index is 12.5. The van der Waals surface area contributed by atoms with Crippen LogP contribution >= 0.6 is 27.7 Å². The summed E-state index contributed by atoms with van der Waals surface area (Å²) in [6, 6.07) is 3.83. The zero-order valence-electron chi connectivity index (χ0n) is 19.3. The number of halogens is 1. The Morgan fingerprint density at radius 2 is 1.97 bits per heavy atom. The zero-order chi connectivity index (χ0) is 23.9. The van der Waals surface area contributed by atoms with Crippen LogP contribution in [-0.2, 0) is 11.3 Å². The van der Waals surface area contributed by atoms with Crippen molar-refractivity contribution in [2.45, 2.75) is 55.1 Å². The van der Waals surface area contributed by atoms with Gasteiger partial charge in [-0.15, -0.1) is 0 Å². The molecule has 2 N–H and O–H groups in total. The number of aryl methyl sites for hydroxylation is 1. The van der Waals surface area contributed by atoms with Gasteiger partial charge >= 0.3 is 0 Å². The lowest BCUT2D eigenvalue weighted by Crippen LogP contribution is -2.43. The number of nitrogens with zero attached hydrogens (tertiary/aromatic N) is 4. The first-order chi connectivity index (χ1) is 17.0. The molecule has 3 aromatic rings. The number of rotatable bonds is 6. The minimum Gasteiger partial charge on any atom is -0.454 e.